The first-order valence-electron chi connectivity index (χ1n) is 4.87. The molecule has 0 aliphatic heterocycles. The molecular weight excluding hydrogens is 214 g/mol. The van der Waals surface area contributed by atoms with Crippen molar-refractivity contribution >= 4 is 23.4 Å². The van der Waals surface area contributed by atoms with E-state index in [9.17, 15) is 0 Å². The number of nitrogens with zero attached hydrogens (tertiary/aromatic N) is 1. The van der Waals surface area contributed by atoms with Gasteiger partial charge >= 0.3 is 0 Å². The van der Waals surface area contributed by atoms with Crippen molar-refractivity contribution in [3.05, 3.63) is 29.3 Å². The molecule has 0 N–H and O–H groups in total. The van der Waals surface area contributed by atoms with Crippen molar-refractivity contribution in [3.63, 3.8) is 0 Å². The Morgan fingerprint density at radius 2 is 1.71 bits per heavy atom. The molecule has 14 heavy (non-hydrogen) atoms. The second-order valence-corrected chi connectivity index (χ2v) is 4.49. The van der Waals surface area contributed by atoms with E-state index in [1.165, 1.54) is 4.90 Å². The van der Waals surface area contributed by atoms with Gasteiger partial charge < -0.3 is 0 Å². The van der Waals surface area contributed by atoms with Crippen molar-refractivity contribution in [3.8, 4) is 0 Å². The molecule has 0 aliphatic carbocycles. The lowest BCUT2D eigenvalue weighted by Crippen LogP contribution is -2.21. The Balaban J connectivity index is 2.41. The van der Waals surface area contributed by atoms with Gasteiger partial charge in [-0.2, -0.15) is 0 Å². The smallest absolute Gasteiger partial charge is 0.0491 e. The van der Waals surface area contributed by atoms with Crippen LogP contribution in [0.5, 0.6) is 0 Å². The van der Waals surface area contributed by atoms with Crippen LogP contribution in [0.1, 0.15) is 13.8 Å². The van der Waals surface area contributed by atoms with Gasteiger partial charge in [0.25, 0.3) is 0 Å². The van der Waals surface area contributed by atoms with E-state index in [1.54, 1.807) is 0 Å². The van der Waals surface area contributed by atoms with Crippen LogP contribution in [0.25, 0.3) is 0 Å². The maximum absolute atomic E-state index is 5.81. The van der Waals surface area contributed by atoms with Gasteiger partial charge in [-0.15, -0.1) is 11.8 Å². The first kappa shape index (κ1) is 11.9. The number of rotatable bonds is 5. The van der Waals surface area contributed by atoms with Crippen LogP contribution < -0.4 is 0 Å². The Morgan fingerprint density at radius 3 is 2.21 bits per heavy atom. The number of benzene rings is 1. The molecule has 0 aromatic heterocycles. The lowest BCUT2D eigenvalue weighted by atomic mass is 10.4. The molecule has 0 bridgehead atoms. The zero-order valence-electron chi connectivity index (χ0n) is 8.66. The maximum atomic E-state index is 5.81. The quantitative estimate of drug-likeness (QED) is 0.559. The highest BCUT2D eigenvalue weighted by atomic mass is 35.5. The number of thioether (sulfide) groups is 1. The molecule has 0 saturated heterocycles. The molecule has 3 heteroatoms. The van der Waals surface area contributed by atoms with Crippen LogP contribution in [-0.2, 0) is 0 Å². The number of hydrogen-bond donors (Lipinski definition) is 0. The lowest BCUT2D eigenvalue weighted by Gasteiger charge is -2.16. The predicted molar refractivity (Wildman–Crippen MR) is 65.1 cm³/mol. The molecule has 1 rings (SSSR count). The third-order valence-electron chi connectivity index (χ3n) is 2.12. The third-order valence-corrected chi connectivity index (χ3v) is 3.47. The average Bonchev–Trinajstić information content (AvgIpc) is 2.22. The largest absolute Gasteiger partial charge is 0.294 e. The van der Waals surface area contributed by atoms with Gasteiger partial charge in [0, 0.05) is 15.8 Å². The van der Waals surface area contributed by atoms with Crippen LogP contribution in [-0.4, -0.2) is 23.9 Å². The number of halogens is 1. The zero-order chi connectivity index (χ0) is 10.4. The van der Waals surface area contributed by atoms with E-state index in [2.05, 4.69) is 30.9 Å². The van der Waals surface area contributed by atoms with Crippen molar-refractivity contribution in [2.75, 3.05) is 19.0 Å². The fraction of sp³-hybridized carbons (Fsp3) is 0.455. The molecule has 0 saturated carbocycles. The van der Waals surface area contributed by atoms with Gasteiger partial charge in [-0.1, -0.05) is 25.4 Å². The fourth-order valence-corrected chi connectivity index (χ4v) is 2.25. The highest BCUT2D eigenvalue weighted by Gasteiger charge is 1.99. The fourth-order valence-electron chi connectivity index (χ4n) is 1.10. The SMILES string of the molecule is CCN(CC)CSc1ccc(Cl)cc1. The van der Waals surface area contributed by atoms with E-state index < -0.39 is 0 Å². The maximum Gasteiger partial charge on any atom is 0.0491 e. The van der Waals surface area contributed by atoms with Crippen LogP contribution in [0.4, 0.5) is 0 Å². The van der Waals surface area contributed by atoms with Crippen molar-refractivity contribution in [2.45, 2.75) is 18.7 Å². The van der Waals surface area contributed by atoms with Crippen molar-refractivity contribution in [1.82, 2.24) is 4.90 Å². The zero-order valence-corrected chi connectivity index (χ0v) is 10.2. The van der Waals surface area contributed by atoms with Crippen LogP contribution in [0.3, 0.4) is 0 Å². The van der Waals surface area contributed by atoms with Gasteiger partial charge in [-0.3, -0.25) is 4.90 Å². The van der Waals surface area contributed by atoms with Gasteiger partial charge in [-0.25, -0.2) is 0 Å². The van der Waals surface area contributed by atoms with E-state index in [0.717, 1.165) is 24.0 Å². The average molecular weight is 230 g/mol. The summed E-state index contributed by atoms with van der Waals surface area (Å²) in [6.07, 6.45) is 0. The van der Waals surface area contributed by atoms with Crippen LogP contribution in [0.2, 0.25) is 5.02 Å². The Hall–Kier alpha value is -0.180. The minimum Gasteiger partial charge on any atom is -0.294 e. The molecule has 0 aliphatic rings. The molecule has 0 amide bonds. The van der Waals surface area contributed by atoms with Crippen LogP contribution >= 0.6 is 23.4 Å². The molecule has 0 radical (unpaired) electrons. The summed E-state index contributed by atoms with van der Waals surface area (Å²) in [5.74, 6) is 1.05. The molecule has 78 valence electrons. The molecule has 1 nitrogen and oxygen atoms in total. The van der Waals surface area contributed by atoms with E-state index in [1.807, 2.05) is 23.9 Å². The minimum absolute atomic E-state index is 0.803. The van der Waals surface area contributed by atoms with Crippen LogP contribution in [0.15, 0.2) is 29.2 Å². The lowest BCUT2D eigenvalue weighted by molar-refractivity contribution is 0.358. The predicted octanol–water partition coefficient (Wildman–Crippen LogP) is 3.73. The van der Waals surface area contributed by atoms with Gasteiger partial charge in [0.15, 0.2) is 0 Å². The standard InChI is InChI=1S/C11H16ClNS/c1-3-13(4-2)9-14-11-7-5-10(12)6-8-11/h5-8H,3-4,9H2,1-2H3. The Labute approximate surface area is 95.4 Å². The van der Waals surface area contributed by atoms with Crippen molar-refractivity contribution in [2.24, 2.45) is 0 Å². The van der Waals surface area contributed by atoms with E-state index in [4.69, 9.17) is 11.6 Å². The summed E-state index contributed by atoms with van der Waals surface area (Å²) in [4.78, 5) is 3.67. The van der Waals surface area contributed by atoms with Gasteiger partial charge in [0.2, 0.25) is 0 Å². The second-order valence-electron chi connectivity index (χ2n) is 3.03. The van der Waals surface area contributed by atoms with E-state index in [-0.39, 0.29) is 0 Å². The summed E-state index contributed by atoms with van der Waals surface area (Å²) < 4.78 is 0. The summed E-state index contributed by atoms with van der Waals surface area (Å²) in [7, 11) is 0. The summed E-state index contributed by atoms with van der Waals surface area (Å²) in [5, 5.41) is 0.803. The van der Waals surface area contributed by atoms with Gasteiger partial charge in [0.1, 0.15) is 0 Å². The molecule has 0 fully saturated rings. The highest BCUT2D eigenvalue weighted by Crippen LogP contribution is 2.20. The summed E-state index contributed by atoms with van der Waals surface area (Å²) in [6, 6.07) is 8.01. The van der Waals surface area contributed by atoms with Crippen molar-refractivity contribution < 1.29 is 0 Å². The molecule has 1 aromatic rings. The Bertz CT molecular complexity index is 256. The van der Waals surface area contributed by atoms with Gasteiger partial charge in [0.05, 0.1) is 0 Å². The Morgan fingerprint density at radius 1 is 1.14 bits per heavy atom. The monoisotopic (exact) mass is 229 g/mol. The summed E-state index contributed by atoms with van der Waals surface area (Å²) in [6.45, 7) is 6.59. The number of hydrogen-bond acceptors (Lipinski definition) is 2. The second kappa shape index (κ2) is 6.33. The minimum atomic E-state index is 0.803. The van der Waals surface area contributed by atoms with E-state index in [0.29, 0.717) is 0 Å². The molecular formula is C11H16ClNS. The molecule has 0 unspecified atom stereocenters. The summed E-state index contributed by atoms with van der Waals surface area (Å²) >= 11 is 7.66. The molecule has 1 aromatic carbocycles. The summed E-state index contributed by atoms with van der Waals surface area (Å²) in [5.41, 5.74) is 0. The Kier molecular flexibility index (Phi) is 5.38. The van der Waals surface area contributed by atoms with Gasteiger partial charge in [-0.05, 0) is 37.4 Å². The third kappa shape index (κ3) is 3.91. The molecule has 0 spiro atoms. The molecule has 0 heterocycles. The highest BCUT2D eigenvalue weighted by molar-refractivity contribution is 7.99. The van der Waals surface area contributed by atoms with E-state index >= 15 is 0 Å². The van der Waals surface area contributed by atoms with Crippen molar-refractivity contribution in [1.29, 1.82) is 0 Å². The first-order valence-corrected chi connectivity index (χ1v) is 6.23. The molecule has 0 atom stereocenters. The normalized spacial score (nSPS) is 10.9. The van der Waals surface area contributed by atoms with Crippen LogP contribution in [0, 0.1) is 0 Å². The first-order chi connectivity index (χ1) is 6.76. The topological polar surface area (TPSA) is 3.24 Å².